The van der Waals surface area contributed by atoms with Gasteiger partial charge in [0.05, 0.1) is 11.9 Å². The molecule has 3 aromatic rings. The van der Waals surface area contributed by atoms with Gasteiger partial charge in [0.15, 0.2) is 0 Å². The van der Waals surface area contributed by atoms with Crippen molar-refractivity contribution in [2.24, 2.45) is 0 Å². The molecule has 1 atom stereocenters. The average molecular weight is 515 g/mol. The topological polar surface area (TPSA) is 98.3 Å². The van der Waals surface area contributed by atoms with Crippen LogP contribution in [0.4, 0.5) is 23.0 Å². The molecule has 0 radical (unpaired) electrons. The van der Waals surface area contributed by atoms with Crippen LogP contribution >= 0.6 is 0 Å². The second kappa shape index (κ2) is 11.3. The minimum absolute atomic E-state index is 0.00857. The fourth-order valence-electron chi connectivity index (χ4n) is 4.95. The molecule has 1 unspecified atom stereocenters. The fourth-order valence-corrected chi connectivity index (χ4v) is 4.95. The Balaban J connectivity index is 1.19. The van der Waals surface area contributed by atoms with Crippen LogP contribution in [0.2, 0.25) is 0 Å². The van der Waals surface area contributed by atoms with Crippen molar-refractivity contribution in [2.75, 3.05) is 54.4 Å². The third-order valence-corrected chi connectivity index (χ3v) is 7.21. The molecule has 0 bridgehead atoms. The number of piperidine rings is 1. The lowest BCUT2D eigenvalue weighted by Crippen LogP contribution is -2.48. The molecule has 1 amide bonds. The highest BCUT2D eigenvalue weighted by Crippen LogP contribution is 2.25. The lowest BCUT2D eigenvalue weighted by molar-refractivity contribution is 0.0928. The van der Waals surface area contributed by atoms with E-state index in [4.69, 9.17) is 0 Å². The predicted molar refractivity (Wildman–Crippen MR) is 152 cm³/mol. The second-order valence-electron chi connectivity index (χ2n) is 11.1. The van der Waals surface area contributed by atoms with Crippen molar-refractivity contribution >= 4 is 28.9 Å². The van der Waals surface area contributed by atoms with Crippen LogP contribution in [0.1, 0.15) is 49.7 Å². The summed E-state index contributed by atoms with van der Waals surface area (Å²) >= 11 is 0. The van der Waals surface area contributed by atoms with Gasteiger partial charge in [-0.05, 0) is 48.1 Å². The molecule has 0 saturated carbocycles. The molecular weight excluding hydrogens is 476 g/mol. The van der Waals surface area contributed by atoms with Crippen molar-refractivity contribution in [3.05, 3.63) is 66.2 Å². The lowest BCUT2D eigenvalue weighted by Gasteiger charge is -2.34. The molecule has 5 heterocycles. The van der Waals surface area contributed by atoms with E-state index in [1.165, 1.54) is 0 Å². The number of anilines is 4. The van der Waals surface area contributed by atoms with E-state index in [1.807, 2.05) is 42.7 Å². The standard InChI is InChI=1S/C29H38N8O/c1-29(2,3)21-6-8-25(32-18-21)28(38)34-22-5-4-14-37(20-22)23-10-11-31-27(17-23)35-26-9-7-24(19-33-26)36-15-12-30-13-16-36/h6-11,17-19,22,30H,4-5,12-16,20H2,1-3H3,(H,34,38)(H,31,33,35). The third-order valence-electron chi connectivity index (χ3n) is 7.21. The summed E-state index contributed by atoms with van der Waals surface area (Å²) in [6, 6.07) is 12.0. The Hall–Kier alpha value is -3.72. The van der Waals surface area contributed by atoms with Crippen LogP contribution in [0.25, 0.3) is 0 Å². The number of nitrogens with zero attached hydrogens (tertiary/aromatic N) is 5. The van der Waals surface area contributed by atoms with E-state index in [2.05, 4.69) is 67.5 Å². The number of pyridine rings is 3. The summed E-state index contributed by atoms with van der Waals surface area (Å²) in [6.07, 6.45) is 7.49. The summed E-state index contributed by atoms with van der Waals surface area (Å²) < 4.78 is 0. The maximum Gasteiger partial charge on any atom is 0.270 e. The van der Waals surface area contributed by atoms with Crippen LogP contribution in [-0.2, 0) is 5.41 Å². The first kappa shape index (κ1) is 25.9. The van der Waals surface area contributed by atoms with E-state index in [9.17, 15) is 4.79 Å². The highest BCUT2D eigenvalue weighted by Gasteiger charge is 2.23. The Morgan fingerprint density at radius 3 is 2.47 bits per heavy atom. The van der Waals surface area contributed by atoms with E-state index in [0.29, 0.717) is 5.69 Å². The number of piperazine rings is 1. The number of amides is 1. The van der Waals surface area contributed by atoms with Gasteiger partial charge in [-0.3, -0.25) is 9.78 Å². The Kier molecular flexibility index (Phi) is 7.74. The largest absolute Gasteiger partial charge is 0.369 e. The SMILES string of the molecule is CC(C)(C)c1ccc(C(=O)NC2CCCN(c3ccnc(Nc4ccc(N5CCNCC5)cn4)c3)C2)nc1. The van der Waals surface area contributed by atoms with Gasteiger partial charge in [0.25, 0.3) is 5.91 Å². The molecule has 38 heavy (non-hydrogen) atoms. The van der Waals surface area contributed by atoms with Gasteiger partial charge in [-0.25, -0.2) is 9.97 Å². The van der Waals surface area contributed by atoms with Crippen molar-refractivity contribution in [3.8, 4) is 0 Å². The van der Waals surface area contributed by atoms with Crippen molar-refractivity contribution in [2.45, 2.75) is 45.1 Å². The van der Waals surface area contributed by atoms with Crippen molar-refractivity contribution in [3.63, 3.8) is 0 Å². The lowest BCUT2D eigenvalue weighted by atomic mass is 9.88. The number of carbonyl (C=O) groups excluding carboxylic acids is 1. The van der Waals surface area contributed by atoms with Crippen LogP contribution < -0.4 is 25.8 Å². The Bertz CT molecular complexity index is 1220. The number of hydrogen-bond acceptors (Lipinski definition) is 8. The van der Waals surface area contributed by atoms with E-state index in [-0.39, 0.29) is 17.4 Å². The zero-order chi connectivity index (χ0) is 26.5. The third kappa shape index (κ3) is 6.39. The number of carbonyl (C=O) groups is 1. The Morgan fingerprint density at radius 2 is 1.76 bits per heavy atom. The molecule has 0 aromatic carbocycles. The molecule has 2 saturated heterocycles. The van der Waals surface area contributed by atoms with Crippen molar-refractivity contribution in [1.82, 2.24) is 25.6 Å². The summed E-state index contributed by atoms with van der Waals surface area (Å²) in [7, 11) is 0. The average Bonchev–Trinajstić information content (AvgIpc) is 2.94. The normalized spacial score (nSPS) is 18.2. The minimum atomic E-state index is -0.121. The Morgan fingerprint density at radius 1 is 0.921 bits per heavy atom. The smallest absolute Gasteiger partial charge is 0.270 e. The van der Waals surface area contributed by atoms with Crippen LogP contribution in [0.5, 0.6) is 0 Å². The summed E-state index contributed by atoms with van der Waals surface area (Å²) in [5, 5.41) is 9.90. The van der Waals surface area contributed by atoms with Gasteiger partial charge in [0.2, 0.25) is 0 Å². The van der Waals surface area contributed by atoms with Gasteiger partial charge in [0.1, 0.15) is 17.3 Å². The number of hydrogen-bond donors (Lipinski definition) is 3. The molecule has 200 valence electrons. The fraction of sp³-hybridized carbons (Fsp3) is 0.448. The van der Waals surface area contributed by atoms with E-state index < -0.39 is 0 Å². The highest BCUT2D eigenvalue weighted by molar-refractivity contribution is 5.92. The monoisotopic (exact) mass is 514 g/mol. The molecule has 3 N–H and O–H groups in total. The summed E-state index contributed by atoms with van der Waals surface area (Å²) in [5.74, 6) is 1.39. The van der Waals surface area contributed by atoms with E-state index >= 15 is 0 Å². The molecule has 9 nitrogen and oxygen atoms in total. The minimum Gasteiger partial charge on any atom is -0.369 e. The maximum atomic E-state index is 12.9. The van der Waals surface area contributed by atoms with Crippen LogP contribution in [0, 0.1) is 0 Å². The molecule has 0 aliphatic carbocycles. The first-order valence-electron chi connectivity index (χ1n) is 13.5. The van der Waals surface area contributed by atoms with Gasteiger partial charge in [0, 0.05) is 69.5 Å². The first-order valence-corrected chi connectivity index (χ1v) is 13.5. The molecule has 5 rings (SSSR count). The second-order valence-corrected chi connectivity index (χ2v) is 11.1. The molecule has 3 aromatic heterocycles. The molecule has 0 spiro atoms. The Labute approximate surface area is 225 Å². The quantitative estimate of drug-likeness (QED) is 0.458. The first-order chi connectivity index (χ1) is 18.3. The van der Waals surface area contributed by atoms with Gasteiger partial charge in [-0.1, -0.05) is 26.8 Å². The van der Waals surface area contributed by atoms with Crippen molar-refractivity contribution < 1.29 is 4.79 Å². The summed E-state index contributed by atoms with van der Waals surface area (Å²) in [4.78, 5) is 31.0. The van der Waals surface area contributed by atoms with Crippen LogP contribution in [0.3, 0.4) is 0 Å². The van der Waals surface area contributed by atoms with Crippen molar-refractivity contribution in [1.29, 1.82) is 0 Å². The van der Waals surface area contributed by atoms with Gasteiger partial charge in [-0.2, -0.15) is 0 Å². The molecule has 2 aliphatic heterocycles. The summed E-state index contributed by atoms with van der Waals surface area (Å²) in [6.45, 7) is 12.1. The van der Waals surface area contributed by atoms with Gasteiger partial charge >= 0.3 is 0 Å². The maximum absolute atomic E-state index is 12.9. The van der Waals surface area contributed by atoms with E-state index in [0.717, 1.165) is 80.7 Å². The predicted octanol–water partition coefficient (Wildman–Crippen LogP) is 3.72. The van der Waals surface area contributed by atoms with E-state index in [1.54, 1.807) is 6.20 Å². The van der Waals surface area contributed by atoms with Gasteiger partial charge in [-0.15, -0.1) is 0 Å². The zero-order valence-corrected chi connectivity index (χ0v) is 22.6. The molecular formula is C29H38N8O. The molecule has 9 heteroatoms. The van der Waals surface area contributed by atoms with Crippen LogP contribution in [0.15, 0.2) is 55.0 Å². The molecule has 2 aliphatic rings. The number of nitrogens with one attached hydrogen (secondary N) is 3. The zero-order valence-electron chi connectivity index (χ0n) is 22.6. The van der Waals surface area contributed by atoms with Crippen LogP contribution in [-0.4, -0.2) is 66.2 Å². The van der Waals surface area contributed by atoms with Gasteiger partial charge < -0.3 is 25.8 Å². The number of aromatic nitrogens is 3. The summed E-state index contributed by atoms with van der Waals surface area (Å²) in [5.41, 5.74) is 3.80. The molecule has 2 fully saturated rings. The highest BCUT2D eigenvalue weighted by atomic mass is 16.1. The number of rotatable bonds is 6.